The minimum atomic E-state index is -0.664. The van der Waals surface area contributed by atoms with E-state index < -0.39 is 5.97 Å². The van der Waals surface area contributed by atoms with Gasteiger partial charge in [0.25, 0.3) is 0 Å². The first kappa shape index (κ1) is 11.5. The Kier molecular flexibility index (Phi) is 4.39. The van der Waals surface area contributed by atoms with Gasteiger partial charge in [0, 0.05) is 6.61 Å². The average Bonchev–Trinajstić information content (AvgIpc) is 2.15. The molecule has 0 spiro atoms. The van der Waals surface area contributed by atoms with Crippen LogP contribution < -0.4 is 0 Å². The standard InChI is InChI=1S/C11H20O3/c1-8(2)7-14-10-5-3-4-9(6-10)11(12)13/h8-10H,3-7H2,1-2H3,(H,12,13). The maximum Gasteiger partial charge on any atom is 0.306 e. The van der Waals surface area contributed by atoms with Gasteiger partial charge in [-0.2, -0.15) is 0 Å². The van der Waals surface area contributed by atoms with Gasteiger partial charge in [0.1, 0.15) is 0 Å². The molecule has 1 fully saturated rings. The van der Waals surface area contributed by atoms with E-state index in [0.717, 1.165) is 25.9 Å². The molecule has 1 saturated carbocycles. The van der Waals surface area contributed by atoms with Crippen molar-refractivity contribution < 1.29 is 14.6 Å². The van der Waals surface area contributed by atoms with Crippen molar-refractivity contribution in [2.45, 2.75) is 45.6 Å². The molecule has 2 unspecified atom stereocenters. The molecule has 14 heavy (non-hydrogen) atoms. The third-order valence-corrected chi connectivity index (χ3v) is 2.64. The van der Waals surface area contributed by atoms with Gasteiger partial charge in [-0.05, 0) is 25.2 Å². The zero-order chi connectivity index (χ0) is 10.6. The van der Waals surface area contributed by atoms with Crippen molar-refractivity contribution in [1.29, 1.82) is 0 Å². The second-order valence-corrected chi connectivity index (χ2v) is 4.55. The minimum Gasteiger partial charge on any atom is -0.481 e. The first-order chi connectivity index (χ1) is 6.59. The van der Waals surface area contributed by atoms with Crippen LogP contribution in [0.3, 0.4) is 0 Å². The Balaban J connectivity index is 2.29. The van der Waals surface area contributed by atoms with Gasteiger partial charge in [0.15, 0.2) is 0 Å². The molecule has 82 valence electrons. The zero-order valence-corrected chi connectivity index (χ0v) is 9.03. The van der Waals surface area contributed by atoms with E-state index in [9.17, 15) is 4.79 Å². The van der Waals surface area contributed by atoms with Crippen LogP contribution in [0.5, 0.6) is 0 Å². The van der Waals surface area contributed by atoms with E-state index in [-0.39, 0.29) is 12.0 Å². The molecular weight excluding hydrogens is 180 g/mol. The van der Waals surface area contributed by atoms with E-state index >= 15 is 0 Å². The molecule has 0 bridgehead atoms. The van der Waals surface area contributed by atoms with E-state index in [1.54, 1.807) is 0 Å². The van der Waals surface area contributed by atoms with Gasteiger partial charge >= 0.3 is 5.97 Å². The van der Waals surface area contributed by atoms with E-state index in [4.69, 9.17) is 9.84 Å². The summed E-state index contributed by atoms with van der Waals surface area (Å²) in [6.07, 6.45) is 3.70. The molecule has 0 amide bonds. The highest BCUT2D eigenvalue weighted by Crippen LogP contribution is 2.26. The highest BCUT2D eigenvalue weighted by atomic mass is 16.5. The lowest BCUT2D eigenvalue weighted by Gasteiger charge is -2.27. The lowest BCUT2D eigenvalue weighted by Crippen LogP contribution is -2.28. The fraction of sp³-hybridized carbons (Fsp3) is 0.909. The van der Waals surface area contributed by atoms with Crippen LogP contribution in [0, 0.1) is 11.8 Å². The Bertz CT molecular complexity index is 189. The van der Waals surface area contributed by atoms with Gasteiger partial charge in [0.2, 0.25) is 0 Å². The van der Waals surface area contributed by atoms with E-state index in [1.165, 1.54) is 0 Å². The minimum absolute atomic E-state index is 0.173. The second-order valence-electron chi connectivity index (χ2n) is 4.55. The highest BCUT2D eigenvalue weighted by molar-refractivity contribution is 5.70. The number of carboxylic acids is 1. The lowest BCUT2D eigenvalue weighted by atomic mass is 9.87. The Labute approximate surface area is 85.5 Å². The summed E-state index contributed by atoms with van der Waals surface area (Å²) in [5.74, 6) is -0.316. The topological polar surface area (TPSA) is 46.5 Å². The fourth-order valence-electron chi connectivity index (χ4n) is 1.85. The molecule has 0 heterocycles. The van der Waals surface area contributed by atoms with Crippen molar-refractivity contribution in [3.63, 3.8) is 0 Å². The smallest absolute Gasteiger partial charge is 0.306 e. The maximum atomic E-state index is 10.8. The second kappa shape index (κ2) is 5.35. The SMILES string of the molecule is CC(C)COC1CCCC(C(=O)O)C1. The average molecular weight is 200 g/mol. The van der Waals surface area contributed by atoms with Crippen LogP contribution in [-0.4, -0.2) is 23.8 Å². The molecule has 0 aliphatic heterocycles. The molecule has 0 aromatic rings. The third kappa shape index (κ3) is 3.66. The summed E-state index contributed by atoms with van der Waals surface area (Å²) in [6, 6.07) is 0. The van der Waals surface area contributed by atoms with Crippen LogP contribution >= 0.6 is 0 Å². The Morgan fingerprint density at radius 1 is 1.50 bits per heavy atom. The lowest BCUT2D eigenvalue weighted by molar-refractivity contribution is -0.145. The summed E-state index contributed by atoms with van der Waals surface area (Å²) in [7, 11) is 0. The van der Waals surface area contributed by atoms with Gasteiger partial charge in [-0.15, -0.1) is 0 Å². The number of hydrogen-bond acceptors (Lipinski definition) is 2. The van der Waals surface area contributed by atoms with Crippen molar-refractivity contribution in [2.24, 2.45) is 11.8 Å². The van der Waals surface area contributed by atoms with Gasteiger partial charge in [-0.3, -0.25) is 4.79 Å². The normalized spacial score (nSPS) is 27.9. The molecule has 3 nitrogen and oxygen atoms in total. The Morgan fingerprint density at radius 2 is 2.21 bits per heavy atom. The Hall–Kier alpha value is -0.570. The summed E-state index contributed by atoms with van der Waals surface area (Å²) in [5.41, 5.74) is 0. The summed E-state index contributed by atoms with van der Waals surface area (Å²) in [5, 5.41) is 8.88. The molecule has 3 heteroatoms. The van der Waals surface area contributed by atoms with Crippen LogP contribution in [0.1, 0.15) is 39.5 Å². The first-order valence-corrected chi connectivity index (χ1v) is 5.44. The Morgan fingerprint density at radius 3 is 2.79 bits per heavy atom. The van der Waals surface area contributed by atoms with E-state index in [0.29, 0.717) is 12.3 Å². The fourth-order valence-corrected chi connectivity index (χ4v) is 1.85. The van der Waals surface area contributed by atoms with E-state index in [1.807, 2.05) is 0 Å². The van der Waals surface area contributed by atoms with Crippen molar-refractivity contribution in [1.82, 2.24) is 0 Å². The highest BCUT2D eigenvalue weighted by Gasteiger charge is 2.27. The summed E-state index contributed by atoms with van der Waals surface area (Å²) in [6.45, 7) is 4.96. The molecule has 0 radical (unpaired) electrons. The molecule has 1 rings (SSSR count). The summed E-state index contributed by atoms with van der Waals surface area (Å²) < 4.78 is 5.66. The first-order valence-electron chi connectivity index (χ1n) is 5.44. The van der Waals surface area contributed by atoms with Crippen LogP contribution in [0.15, 0.2) is 0 Å². The van der Waals surface area contributed by atoms with Gasteiger partial charge in [-0.1, -0.05) is 20.3 Å². The molecule has 0 aromatic carbocycles. The molecule has 1 aliphatic rings. The number of aliphatic carboxylic acids is 1. The molecule has 0 saturated heterocycles. The van der Waals surface area contributed by atoms with E-state index in [2.05, 4.69) is 13.8 Å². The molecule has 1 aliphatic carbocycles. The quantitative estimate of drug-likeness (QED) is 0.757. The number of rotatable bonds is 4. The molecule has 1 N–H and O–H groups in total. The van der Waals surface area contributed by atoms with Crippen LogP contribution in [-0.2, 0) is 9.53 Å². The summed E-state index contributed by atoms with van der Waals surface area (Å²) >= 11 is 0. The molecule has 2 atom stereocenters. The zero-order valence-electron chi connectivity index (χ0n) is 9.03. The molecule has 0 aromatic heterocycles. The van der Waals surface area contributed by atoms with Crippen LogP contribution in [0.4, 0.5) is 0 Å². The van der Waals surface area contributed by atoms with Crippen molar-refractivity contribution in [3.8, 4) is 0 Å². The predicted octanol–water partition coefficient (Wildman–Crippen LogP) is 2.30. The number of carbonyl (C=O) groups is 1. The predicted molar refractivity (Wildman–Crippen MR) is 54.2 cm³/mol. The number of carboxylic acid groups (broad SMARTS) is 1. The van der Waals surface area contributed by atoms with Gasteiger partial charge in [0.05, 0.1) is 12.0 Å². The molecular formula is C11H20O3. The largest absolute Gasteiger partial charge is 0.481 e. The van der Waals surface area contributed by atoms with Crippen molar-refractivity contribution in [2.75, 3.05) is 6.61 Å². The van der Waals surface area contributed by atoms with Crippen molar-refractivity contribution >= 4 is 5.97 Å². The van der Waals surface area contributed by atoms with Gasteiger partial charge in [-0.25, -0.2) is 0 Å². The van der Waals surface area contributed by atoms with Crippen LogP contribution in [0.2, 0.25) is 0 Å². The third-order valence-electron chi connectivity index (χ3n) is 2.64. The monoisotopic (exact) mass is 200 g/mol. The van der Waals surface area contributed by atoms with Gasteiger partial charge < -0.3 is 9.84 Å². The van der Waals surface area contributed by atoms with Crippen LogP contribution in [0.25, 0.3) is 0 Å². The maximum absolute atomic E-state index is 10.8. The number of hydrogen-bond donors (Lipinski definition) is 1. The number of ether oxygens (including phenoxy) is 1. The summed E-state index contributed by atoms with van der Waals surface area (Å²) in [4.78, 5) is 10.8. The van der Waals surface area contributed by atoms with Crippen molar-refractivity contribution in [3.05, 3.63) is 0 Å².